The smallest absolute Gasteiger partial charge is 0.197 e. The van der Waals surface area contributed by atoms with Gasteiger partial charge in [0.1, 0.15) is 5.69 Å². The molecule has 0 unspecified atom stereocenters. The number of Topliss-reactive ketones (excluding diaryl/α,β-unsaturated/α-hetero) is 1. The summed E-state index contributed by atoms with van der Waals surface area (Å²) < 4.78 is 2.13. The normalized spacial score (nSPS) is 15.4. The molecule has 1 aliphatic rings. The lowest BCUT2D eigenvalue weighted by Gasteiger charge is -2.23. The van der Waals surface area contributed by atoms with Crippen LogP contribution in [0.4, 0.5) is 5.13 Å². The Morgan fingerprint density at radius 3 is 3.05 bits per heavy atom. The maximum atomic E-state index is 12.1. The van der Waals surface area contributed by atoms with Crippen LogP contribution in [-0.4, -0.2) is 45.6 Å². The number of aliphatic hydroxyl groups excluding tert-OH is 1. The van der Waals surface area contributed by atoms with Gasteiger partial charge in [-0.2, -0.15) is 0 Å². The van der Waals surface area contributed by atoms with Crippen LogP contribution >= 0.6 is 23.3 Å². The molecule has 0 saturated heterocycles. The molecule has 0 spiro atoms. The zero-order valence-corrected chi connectivity index (χ0v) is 13.4. The predicted octanol–water partition coefficient (Wildman–Crippen LogP) is 2.38. The largest absolute Gasteiger partial charge is 0.395 e. The summed E-state index contributed by atoms with van der Waals surface area (Å²) >= 11 is 3.28. The van der Waals surface area contributed by atoms with Gasteiger partial charge in [-0.15, -0.1) is 0 Å². The van der Waals surface area contributed by atoms with Gasteiger partial charge in [0.2, 0.25) is 0 Å². The molecule has 1 aliphatic heterocycles. The molecule has 5 nitrogen and oxygen atoms in total. The van der Waals surface area contributed by atoms with E-state index < -0.39 is 0 Å². The maximum absolute atomic E-state index is 12.1. The van der Waals surface area contributed by atoms with E-state index in [0.29, 0.717) is 18.8 Å². The fourth-order valence-electron chi connectivity index (χ4n) is 2.00. The van der Waals surface area contributed by atoms with E-state index in [1.165, 1.54) is 30.6 Å². The summed E-state index contributed by atoms with van der Waals surface area (Å²) in [4.78, 5) is 17.4. The van der Waals surface area contributed by atoms with Crippen molar-refractivity contribution in [3.63, 3.8) is 0 Å². The van der Waals surface area contributed by atoms with Crippen molar-refractivity contribution < 1.29 is 9.90 Å². The first-order valence-corrected chi connectivity index (χ1v) is 8.76. The quantitative estimate of drug-likeness (QED) is 0.567. The molecular weight excluding hydrogens is 294 g/mol. The van der Waals surface area contributed by atoms with Crippen molar-refractivity contribution in [1.29, 1.82) is 0 Å². The number of aliphatic hydroxyl groups is 1. The first kappa shape index (κ1) is 15.8. The number of anilines is 1. The Labute approximate surface area is 127 Å². The Morgan fingerprint density at radius 1 is 1.45 bits per heavy atom. The molecule has 0 radical (unpaired) electrons. The molecule has 0 atom stereocenters. The van der Waals surface area contributed by atoms with E-state index in [1.54, 1.807) is 11.9 Å². The summed E-state index contributed by atoms with van der Waals surface area (Å²) in [5.41, 5.74) is 0.612. The van der Waals surface area contributed by atoms with Gasteiger partial charge in [-0.1, -0.05) is 43.1 Å². The molecule has 1 aromatic heterocycles. The summed E-state index contributed by atoms with van der Waals surface area (Å²) in [7, 11) is 0. The van der Waals surface area contributed by atoms with Crippen molar-refractivity contribution >= 4 is 34.2 Å². The molecule has 2 rings (SSSR count). The average molecular weight is 315 g/mol. The Hall–Kier alpha value is -0.630. The van der Waals surface area contributed by atoms with Crippen molar-refractivity contribution in [3.05, 3.63) is 10.6 Å². The Bertz CT molecular complexity index is 451. The standard InChI is InChI=1S/C13H21N3O2S2/c1-2-3-4-7-19-16-8-10(18)12-11(9-16)20-13(15-12)14-5-6-17/h17H,2-9H2,1H3,(H,14,15). The average Bonchev–Trinajstić information content (AvgIpc) is 2.85. The van der Waals surface area contributed by atoms with E-state index in [1.807, 2.05) is 0 Å². The first-order valence-electron chi connectivity index (χ1n) is 7.00. The van der Waals surface area contributed by atoms with E-state index in [-0.39, 0.29) is 12.4 Å². The number of carbonyl (C=O) groups excluding carboxylic acids is 1. The monoisotopic (exact) mass is 315 g/mol. The number of fused-ring (bicyclic) bond motifs is 1. The van der Waals surface area contributed by atoms with Gasteiger partial charge in [0.15, 0.2) is 10.9 Å². The lowest BCUT2D eigenvalue weighted by Crippen LogP contribution is -2.29. The van der Waals surface area contributed by atoms with Crippen LogP contribution in [0.3, 0.4) is 0 Å². The van der Waals surface area contributed by atoms with E-state index in [4.69, 9.17) is 5.11 Å². The molecule has 1 aromatic rings. The number of ketones is 1. The maximum Gasteiger partial charge on any atom is 0.197 e. The highest BCUT2D eigenvalue weighted by molar-refractivity contribution is 7.97. The molecule has 0 fully saturated rings. The molecule has 0 aliphatic carbocycles. The minimum atomic E-state index is 0.0671. The van der Waals surface area contributed by atoms with Crippen molar-refractivity contribution in [2.75, 3.05) is 30.8 Å². The second-order valence-electron chi connectivity index (χ2n) is 4.70. The number of hydrogen-bond donors (Lipinski definition) is 2. The van der Waals surface area contributed by atoms with Crippen molar-refractivity contribution in [3.8, 4) is 0 Å². The van der Waals surface area contributed by atoms with Gasteiger partial charge in [-0.3, -0.25) is 4.79 Å². The minimum absolute atomic E-state index is 0.0671. The topological polar surface area (TPSA) is 65.5 Å². The number of hydrogen-bond acceptors (Lipinski definition) is 7. The van der Waals surface area contributed by atoms with Crippen LogP contribution in [0.5, 0.6) is 0 Å². The fourth-order valence-corrected chi connectivity index (χ4v) is 4.13. The third-order valence-electron chi connectivity index (χ3n) is 3.01. The summed E-state index contributed by atoms with van der Waals surface area (Å²) in [6.45, 7) is 3.97. The zero-order valence-electron chi connectivity index (χ0n) is 11.7. The second-order valence-corrected chi connectivity index (χ2v) is 6.97. The van der Waals surface area contributed by atoms with Crippen LogP contribution in [0.2, 0.25) is 0 Å². The van der Waals surface area contributed by atoms with Gasteiger partial charge in [0.05, 0.1) is 18.0 Å². The van der Waals surface area contributed by atoms with Gasteiger partial charge >= 0.3 is 0 Å². The third-order valence-corrected chi connectivity index (χ3v) is 5.10. The molecule has 7 heteroatoms. The Morgan fingerprint density at radius 2 is 2.30 bits per heavy atom. The first-order chi connectivity index (χ1) is 9.74. The summed E-state index contributed by atoms with van der Waals surface area (Å²) in [6, 6.07) is 0. The number of thiazole rings is 1. The van der Waals surface area contributed by atoms with E-state index >= 15 is 0 Å². The highest BCUT2D eigenvalue weighted by Crippen LogP contribution is 2.31. The van der Waals surface area contributed by atoms with Crippen molar-refractivity contribution in [2.24, 2.45) is 0 Å². The number of unbranched alkanes of at least 4 members (excludes halogenated alkanes) is 2. The van der Waals surface area contributed by atoms with E-state index in [9.17, 15) is 4.79 Å². The predicted molar refractivity (Wildman–Crippen MR) is 84.4 cm³/mol. The second kappa shape index (κ2) is 7.97. The van der Waals surface area contributed by atoms with Crippen LogP contribution in [-0.2, 0) is 6.54 Å². The number of carbonyl (C=O) groups is 1. The molecule has 0 bridgehead atoms. The Kier molecular flexibility index (Phi) is 6.28. The molecule has 112 valence electrons. The molecule has 0 amide bonds. The number of rotatable bonds is 8. The van der Waals surface area contributed by atoms with Gasteiger partial charge in [-0.05, 0) is 6.42 Å². The van der Waals surface area contributed by atoms with Crippen LogP contribution < -0.4 is 5.32 Å². The SMILES string of the molecule is CCCCCSN1CC(=O)c2nc(NCCO)sc2C1. The highest BCUT2D eigenvalue weighted by Gasteiger charge is 2.27. The van der Waals surface area contributed by atoms with Gasteiger partial charge in [0.25, 0.3) is 0 Å². The van der Waals surface area contributed by atoms with Gasteiger partial charge < -0.3 is 10.4 Å². The highest BCUT2D eigenvalue weighted by atomic mass is 32.2. The lowest BCUT2D eigenvalue weighted by molar-refractivity contribution is 0.0951. The van der Waals surface area contributed by atoms with Crippen LogP contribution in [0.1, 0.15) is 41.6 Å². The van der Waals surface area contributed by atoms with Crippen LogP contribution in [0, 0.1) is 0 Å². The number of nitrogens with zero attached hydrogens (tertiary/aromatic N) is 2. The van der Waals surface area contributed by atoms with E-state index in [0.717, 1.165) is 22.3 Å². The van der Waals surface area contributed by atoms with Gasteiger partial charge in [-0.25, -0.2) is 9.29 Å². The zero-order chi connectivity index (χ0) is 14.4. The third kappa shape index (κ3) is 4.18. The van der Waals surface area contributed by atoms with Crippen molar-refractivity contribution in [1.82, 2.24) is 9.29 Å². The molecule has 20 heavy (non-hydrogen) atoms. The fraction of sp³-hybridized carbons (Fsp3) is 0.692. The van der Waals surface area contributed by atoms with Gasteiger partial charge in [0, 0.05) is 18.8 Å². The molecular formula is C13H21N3O2S2. The van der Waals surface area contributed by atoms with Crippen LogP contribution in [0.15, 0.2) is 0 Å². The molecule has 0 saturated carbocycles. The van der Waals surface area contributed by atoms with Crippen LogP contribution in [0.25, 0.3) is 0 Å². The minimum Gasteiger partial charge on any atom is -0.395 e. The lowest BCUT2D eigenvalue weighted by atomic mass is 10.2. The number of nitrogens with one attached hydrogen (secondary N) is 1. The summed E-state index contributed by atoms with van der Waals surface area (Å²) in [6.07, 6.45) is 3.67. The Balaban J connectivity index is 1.91. The van der Waals surface area contributed by atoms with E-state index in [2.05, 4.69) is 21.5 Å². The molecule has 2 N–H and O–H groups in total. The molecule has 2 heterocycles. The summed E-state index contributed by atoms with van der Waals surface area (Å²) in [5, 5.41) is 12.6. The summed E-state index contributed by atoms with van der Waals surface area (Å²) in [5.74, 6) is 1.17. The molecule has 0 aromatic carbocycles. The number of aromatic nitrogens is 1. The van der Waals surface area contributed by atoms with Crippen molar-refractivity contribution in [2.45, 2.75) is 32.7 Å².